The van der Waals surface area contributed by atoms with Gasteiger partial charge in [-0.3, -0.25) is 0 Å². The first kappa shape index (κ1) is 10.3. The fraction of sp³-hybridized carbons (Fsp3) is 0.800. The van der Waals surface area contributed by atoms with Crippen molar-refractivity contribution in [3.05, 3.63) is 5.70 Å². The molecule has 74 valence electrons. The highest BCUT2D eigenvalue weighted by molar-refractivity contribution is 5.50. The summed E-state index contributed by atoms with van der Waals surface area (Å²) in [5, 5.41) is 6.46. The number of allylic oxidation sites excluding steroid dienone is 1. The molecule has 0 aromatic carbocycles. The second-order valence-electron chi connectivity index (χ2n) is 3.72. The monoisotopic (exact) mass is 182 g/mol. The summed E-state index contributed by atoms with van der Waals surface area (Å²) in [4.78, 5) is 10.3. The summed E-state index contributed by atoms with van der Waals surface area (Å²) in [5.74, 6) is 1.88. The molecule has 2 unspecified atom stereocenters. The number of hydrogen-bond acceptors (Lipinski definition) is 3. The van der Waals surface area contributed by atoms with Gasteiger partial charge in [0.25, 0.3) is 0 Å². The van der Waals surface area contributed by atoms with Crippen LogP contribution in [0.4, 0.5) is 0 Å². The predicted octanol–water partition coefficient (Wildman–Crippen LogP) is 0.842. The Balaban J connectivity index is 2.38. The van der Waals surface area contributed by atoms with Crippen molar-refractivity contribution in [2.45, 2.75) is 44.7 Å². The van der Waals surface area contributed by atoms with Crippen LogP contribution < -0.4 is 10.6 Å². The molecular formula is C10H18N2O. The lowest BCUT2D eigenvalue weighted by atomic mass is 9.91. The van der Waals surface area contributed by atoms with E-state index in [0.29, 0.717) is 17.8 Å². The molecule has 0 radical (unpaired) electrons. The van der Waals surface area contributed by atoms with Gasteiger partial charge in [0.2, 0.25) is 0 Å². The smallest absolute Gasteiger partial charge is 0.145 e. The fourth-order valence-corrected chi connectivity index (χ4v) is 1.92. The van der Waals surface area contributed by atoms with Gasteiger partial charge in [0.1, 0.15) is 5.94 Å². The van der Waals surface area contributed by atoms with E-state index in [1.807, 2.05) is 13.0 Å². The fourth-order valence-electron chi connectivity index (χ4n) is 1.92. The minimum atomic E-state index is 0.452. The molecule has 3 nitrogen and oxygen atoms in total. The van der Waals surface area contributed by atoms with Crippen LogP contribution >= 0.6 is 0 Å². The Morgan fingerprint density at radius 1 is 1.38 bits per heavy atom. The van der Waals surface area contributed by atoms with Gasteiger partial charge in [-0.15, -0.1) is 0 Å². The van der Waals surface area contributed by atoms with Gasteiger partial charge in [0.05, 0.1) is 5.70 Å². The van der Waals surface area contributed by atoms with Crippen LogP contribution in [0.5, 0.6) is 0 Å². The highest BCUT2D eigenvalue weighted by Gasteiger charge is 2.20. The second-order valence-corrected chi connectivity index (χ2v) is 3.72. The van der Waals surface area contributed by atoms with Gasteiger partial charge < -0.3 is 10.6 Å². The van der Waals surface area contributed by atoms with E-state index < -0.39 is 0 Å². The summed E-state index contributed by atoms with van der Waals surface area (Å²) in [6.07, 6.45) is 4.75. The maximum absolute atomic E-state index is 10.3. The molecule has 0 heterocycles. The van der Waals surface area contributed by atoms with Crippen LogP contribution in [0.15, 0.2) is 5.70 Å². The Morgan fingerprint density at radius 2 is 2.08 bits per heavy atom. The molecular weight excluding hydrogens is 164 g/mol. The zero-order chi connectivity index (χ0) is 9.68. The van der Waals surface area contributed by atoms with E-state index in [1.54, 1.807) is 6.92 Å². The lowest BCUT2D eigenvalue weighted by Crippen LogP contribution is -2.40. The molecule has 0 saturated heterocycles. The van der Waals surface area contributed by atoms with Crippen molar-refractivity contribution in [3.63, 3.8) is 0 Å². The summed E-state index contributed by atoms with van der Waals surface area (Å²) in [6.45, 7) is 1.77. The van der Waals surface area contributed by atoms with E-state index in [2.05, 4.69) is 10.6 Å². The zero-order valence-corrected chi connectivity index (χ0v) is 8.39. The summed E-state index contributed by atoms with van der Waals surface area (Å²) >= 11 is 0. The van der Waals surface area contributed by atoms with Gasteiger partial charge in [-0.05, 0) is 39.7 Å². The molecule has 0 amide bonds. The van der Waals surface area contributed by atoms with Crippen molar-refractivity contribution in [3.8, 4) is 0 Å². The quantitative estimate of drug-likeness (QED) is 0.636. The average molecular weight is 182 g/mol. The molecule has 2 N–H and O–H groups in total. The third-order valence-electron chi connectivity index (χ3n) is 2.66. The van der Waals surface area contributed by atoms with Crippen LogP contribution in [-0.2, 0) is 4.79 Å². The van der Waals surface area contributed by atoms with Gasteiger partial charge in [-0.2, -0.15) is 0 Å². The van der Waals surface area contributed by atoms with Crippen molar-refractivity contribution < 1.29 is 4.79 Å². The lowest BCUT2D eigenvalue weighted by molar-refractivity contribution is 0.327. The molecule has 1 aliphatic rings. The largest absolute Gasteiger partial charge is 0.377 e. The highest BCUT2D eigenvalue weighted by atomic mass is 16.1. The van der Waals surface area contributed by atoms with Crippen LogP contribution in [0.3, 0.4) is 0 Å². The zero-order valence-electron chi connectivity index (χ0n) is 8.39. The Labute approximate surface area is 79.6 Å². The van der Waals surface area contributed by atoms with E-state index in [1.165, 1.54) is 12.8 Å². The Bertz CT molecular complexity index is 209. The van der Waals surface area contributed by atoms with Crippen molar-refractivity contribution in [2.24, 2.45) is 0 Å². The van der Waals surface area contributed by atoms with Gasteiger partial charge in [-0.25, -0.2) is 4.79 Å². The molecule has 0 spiro atoms. The SMILES string of the molecule is CNC1CCCC(NC(C)=C=O)C1. The standard InChI is InChI=1S/C10H18N2O/c1-8(7-13)12-10-5-3-4-9(6-10)11-2/h9-12H,3-6H2,1-2H3. The van der Waals surface area contributed by atoms with E-state index in [4.69, 9.17) is 0 Å². The van der Waals surface area contributed by atoms with Crippen LogP contribution in [0.1, 0.15) is 32.6 Å². The summed E-state index contributed by atoms with van der Waals surface area (Å²) in [7, 11) is 2.00. The molecule has 1 aliphatic carbocycles. The van der Waals surface area contributed by atoms with E-state index in [-0.39, 0.29) is 0 Å². The molecule has 1 fully saturated rings. The van der Waals surface area contributed by atoms with Crippen LogP contribution in [0.2, 0.25) is 0 Å². The topological polar surface area (TPSA) is 41.1 Å². The van der Waals surface area contributed by atoms with Crippen molar-refractivity contribution in [1.29, 1.82) is 0 Å². The van der Waals surface area contributed by atoms with E-state index in [0.717, 1.165) is 12.8 Å². The molecule has 0 bridgehead atoms. The van der Waals surface area contributed by atoms with Crippen LogP contribution in [0.25, 0.3) is 0 Å². The number of nitrogens with one attached hydrogen (secondary N) is 2. The minimum absolute atomic E-state index is 0.452. The number of hydrogen-bond donors (Lipinski definition) is 2. The predicted molar refractivity (Wildman–Crippen MR) is 53.1 cm³/mol. The molecule has 3 heteroatoms. The lowest BCUT2D eigenvalue weighted by Gasteiger charge is -2.29. The summed E-state index contributed by atoms with van der Waals surface area (Å²) in [6, 6.07) is 1.05. The van der Waals surface area contributed by atoms with Gasteiger partial charge in [0, 0.05) is 12.1 Å². The highest BCUT2D eigenvalue weighted by Crippen LogP contribution is 2.18. The Kier molecular flexibility index (Phi) is 4.00. The summed E-state index contributed by atoms with van der Waals surface area (Å²) < 4.78 is 0. The normalized spacial score (nSPS) is 27.8. The second kappa shape index (κ2) is 5.05. The number of rotatable bonds is 3. The van der Waals surface area contributed by atoms with Gasteiger partial charge >= 0.3 is 0 Å². The van der Waals surface area contributed by atoms with Gasteiger partial charge in [0.15, 0.2) is 0 Å². The molecule has 0 aromatic heterocycles. The molecule has 0 aliphatic heterocycles. The Morgan fingerprint density at radius 3 is 2.69 bits per heavy atom. The van der Waals surface area contributed by atoms with Crippen molar-refractivity contribution in [2.75, 3.05) is 7.05 Å². The number of carbonyl (C=O) groups excluding carboxylic acids is 1. The maximum Gasteiger partial charge on any atom is 0.145 e. The van der Waals surface area contributed by atoms with Crippen LogP contribution in [0, 0.1) is 0 Å². The average Bonchev–Trinajstić information content (AvgIpc) is 2.18. The van der Waals surface area contributed by atoms with Crippen molar-refractivity contribution in [1.82, 2.24) is 10.6 Å². The Hall–Kier alpha value is -0.790. The maximum atomic E-state index is 10.3. The van der Waals surface area contributed by atoms with Gasteiger partial charge in [-0.1, -0.05) is 0 Å². The third-order valence-corrected chi connectivity index (χ3v) is 2.66. The minimum Gasteiger partial charge on any atom is -0.377 e. The van der Waals surface area contributed by atoms with E-state index >= 15 is 0 Å². The van der Waals surface area contributed by atoms with E-state index in [9.17, 15) is 4.79 Å². The molecule has 2 atom stereocenters. The molecule has 1 saturated carbocycles. The first-order chi connectivity index (χ1) is 6.26. The molecule has 13 heavy (non-hydrogen) atoms. The molecule has 1 rings (SSSR count). The first-order valence-electron chi connectivity index (χ1n) is 4.91. The third kappa shape index (κ3) is 3.21. The molecule has 0 aromatic rings. The first-order valence-corrected chi connectivity index (χ1v) is 4.91. The van der Waals surface area contributed by atoms with Crippen LogP contribution in [-0.4, -0.2) is 25.1 Å². The summed E-state index contributed by atoms with van der Waals surface area (Å²) in [5.41, 5.74) is 0.627. The van der Waals surface area contributed by atoms with Crippen molar-refractivity contribution >= 4 is 5.94 Å².